The molecule has 2 aromatic carbocycles. The van der Waals surface area contributed by atoms with Gasteiger partial charge in [-0.25, -0.2) is 8.78 Å². The van der Waals surface area contributed by atoms with Crippen molar-refractivity contribution in [2.24, 2.45) is 17.8 Å². The largest absolute Gasteiger partial charge is 0.384 e. The van der Waals surface area contributed by atoms with Gasteiger partial charge in [-0.2, -0.15) is 0 Å². The smallest absolute Gasteiger partial charge is 0.227 e. The molecule has 1 amide bonds. The van der Waals surface area contributed by atoms with Crippen LogP contribution in [0.1, 0.15) is 43.7 Å². The number of carbonyl (C=O) groups excluding carboxylic acids is 1. The molecule has 5 atom stereocenters. The average molecular weight is 491 g/mol. The van der Waals surface area contributed by atoms with Gasteiger partial charge in [0.15, 0.2) is 0 Å². The van der Waals surface area contributed by atoms with Crippen molar-refractivity contribution in [3.8, 4) is 0 Å². The summed E-state index contributed by atoms with van der Waals surface area (Å²) in [4.78, 5) is 18.0. The zero-order chi connectivity index (χ0) is 23.3. The number of hydrogen-bond acceptors (Lipinski definition) is 3. The van der Waals surface area contributed by atoms with Gasteiger partial charge in [0, 0.05) is 56.0 Å². The first-order valence-corrected chi connectivity index (χ1v) is 12.0. The summed E-state index contributed by atoms with van der Waals surface area (Å²) >= 11 is 0. The van der Waals surface area contributed by atoms with Crippen molar-refractivity contribution in [1.29, 1.82) is 0 Å². The molecule has 3 fully saturated rings. The zero-order valence-corrected chi connectivity index (χ0v) is 20.5. The van der Waals surface area contributed by atoms with Gasteiger partial charge in [0.1, 0.15) is 11.6 Å². The second-order valence-corrected chi connectivity index (χ2v) is 10.3. The number of likely N-dealkylation sites (tertiary alicyclic amines) is 2. The molecule has 5 rings (SSSR count). The van der Waals surface area contributed by atoms with Crippen LogP contribution in [0.4, 0.5) is 8.78 Å². The van der Waals surface area contributed by atoms with Gasteiger partial charge >= 0.3 is 0 Å². The molecule has 1 saturated carbocycles. The summed E-state index contributed by atoms with van der Waals surface area (Å²) in [5.41, 5.74) is 0.303. The molecular weight excluding hydrogens is 458 g/mol. The van der Waals surface area contributed by atoms with Crippen LogP contribution in [-0.2, 0) is 10.4 Å². The van der Waals surface area contributed by atoms with Gasteiger partial charge in [0.2, 0.25) is 5.91 Å². The van der Waals surface area contributed by atoms with Crippen LogP contribution in [0.25, 0.3) is 0 Å². The first-order valence-electron chi connectivity index (χ1n) is 12.0. The third-order valence-corrected chi connectivity index (χ3v) is 8.13. The first-order chi connectivity index (χ1) is 15.8. The normalized spacial score (nSPS) is 31.9. The van der Waals surface area contributed by atoms with E-state index in [1.165, 1.54) is 12.1 Å². The van der Waals surface area contributed by atoms with Crippen molar-refractivity contribution in [2.45, 2.75) is 44.2 Å². The Bertz CT molecular complexity index is 1020. The molecule has 2 aliphatic heterocycles. The number of nitrogens with zero attached hydrogens (tertiary/aromatic N) is 2. The van der Waals surface area contributed by atoms with E-state index >= 15 is 0 Å². The van der Waals surface area contributed by atoms with Gasteiger partial charge in [-0.15, -0.1) is 12.4 Å². The summed E-state index contributed by atoms with van der Waals surface area (Å²) in [6.45, 7) is 6.11. The predicted molar refractivity (Wildman–Crippen MR) is 130 cm³/mol. The Morgan fingerprint density at radius 3 is 2.21 bits per heavy atom. The Kier molecular flexibility index (Phi) is 7.05. The molecule has 1 N–H and O–H groups in total. The fourth-order valence-corrected chi connectivity index (χ4v) is 6.13. The second kappa shape index (κ2) is 9.56. The van der Waals surface area contributed by atoms with Crippen LogP contribution in [0.3, 0.4) is 0 Å². The van der Waals surface area contributed by atoms with E-state index in [9.17, 15) is 18.7 Å². The highest BCUT2D eigenvalue weighted by Crippen LogP contribution is 2.44. The van der Waals surface area contributed by atoms with E-state index in [1.54, 1.807) is 0 Å². The fraction of sp³-hybridized carbons (Fsp3) is 0.519. The lowest BCUT2D eigenvalue weighted by molar-refractivity contribution is -0.152. The predicted octanol–water partition coefficient (Wildman–Crippen LogP) is 4.57. The Hall–Kier alpha value is -2.02. The number of aliphatic hydroxyl groups is 1. The van der Waals surface area contributed by atoms with Gasteiger partial charge in [-0.3, -0.25) is 9.69 Å². The highest BCUT2D eigenvalue weighted by Gasteiger charge is 2.50. The molecule has 0 spiro atoms. The summed E-state index contributed by atoms with van der Waals surface area (Å²) in [7, 11) is 0. The van der Waals surface area contributed by atoms with Crippen LogP contribution in [0.15, 0.2) is 48.5 Å². The molecule has 0 bridgehead atoms. The maximum absolute atomic E-state index is 14.7. The number of amides is 1. The summed E-state index contributed by atoms with van der Waals surface area (Å²) in [5, 5.41) is 11.6. The summed E-state index contributed by atoms with van der Waals surface area (Å²) < 4.78 is 28.3. The minimum absolute atomic E-state index is 0. The molecule has 0 unspecified atom stereocenters. The molecule has 2 aromatic rings. The van der Waals surface area contributed by atoms with Gasteiger partial charge in [-0.1, -0.05) is 50.2 Å². The Labute approximate surface area is 206 Å². The summed E-state index contributed by atoms with van der Waals surface area (Å²) in [6.07, 6.45) is 2.23. The van der Waals surface area contributed by atoms with Crippen LogP contribution in [-0.4, -0.2) is 53.0 Å². The Morgan fingerprint density at radius 2 is 1.62 bits per heavy atom. The Balaban J connectivity index is 0.00000274. The van der Waals surface area contributed by atoms with Crippen LogP contribution < -0.4 is 0 Å². The maximum Gasteiger partial charge on any atom is 0.227 e. The van der Waals surface area contributed by atoms with E-state index in [-0.39, 0.29) is 42.0 Å². The average Bonchev–Trinajstić information content (AvgIpc) is 3.56. The number of benzene rings is 2. The fourth-order valence-electron chi connectivity index (χ4n) is 6.13. The van der Waals surface area contributed by atoms with Crippen molar-refractivity contribution >= 4 is 18.3 Å². The topological polar surface area (TPSA) is 43.8 Å². The van der Waals surface area contributed by atoms with E-state index < -0.39 is 17.2 Å². The molecule has 2 heterocycles. The number of piperidine rings is 1. The van der Waals surface area contributed by atoms with Crippen molar-refractivity contribution in [1.82, 2.24) is 9.80 Å². The third kappa shape index (κ3) is 4.36. The lowest BCUT2D eigenvalue weighted by Crippen LogP contribution is -2.57. The van der Waals surface area contributed by atoms with E-state index in [0.717, 1.165) is 24.5 Å². The quantitative estimate of drug-likeness (QED) is 0.683. The molecule has 4 nitrogen and oxygen atoms in total. The molecule has 34 heavy (non-hydrogen) atoms. The lowest BCUT2D eigenvalue weighted by atomic mass is 9.70. The molecule has 3 aliphatic rings. The monoisotopic (exact) mass is 490 g/mol. The SMILES string of the molecule is C[C@@H]1CN(C(=O)[C@@H]2CN(C3CC3)C[C@H]2c2ccc(F)cc2F)C[C@H](C)[C@]1(O)c1ccccc1.Cl. The maximum atomic E-state index is 14.7. The van der Waals surface area contributed by atoms with Crippen molar-refractivity contribution < 1.29 is 18.7 Å². The molecule has 0 aromatic heterocycles. The van der Waals surface area contributed by atoms with Gasteiger partial charge in [-0.05, 0) is 30.0 Å². The molecule has 1 aliphatic carbocycles. The van der Waals surface area contributed by atoms with Gasteiger partial charge < -0.3 is 10.0 Å². The number of halogens is 3. The van der Waals surface area contributed by atoms with Crippen molar-refractivity contribution in [2.75, 3.05) is 26.2 Å². The van der Waals surface area contributed by atoms with E-state index in [1.807, 2.05) is 49.1 Å². The van der Waals surface area contributed by atoms with E-state index in [4.69, 9.17) is 0 Å². The van der Waals surface area contributed by atoms with Crippen molar-refractivity contribution in [3.63, 3.8) is 0 Å². The summed E-state index contributed by atoms with van der Waals surface area (Å²) in [5.74, 6) is -2.11. The zero-order valence-electron chi connectivity index (χ0n) is 19.7. The Morgan fingerprint density at radius 1 is 0.971 bits per heavy atom. The minimum atomic E-state index is -1.00. The van der Waals surface area contributed by atoms with Crippen LogP contribution >= 0.6 is 12.4 Å². The van der Waals surface area contributed by atoms with Crippen molar-refractivity contribution in [3.05, 3.63) is 71.3 Å². The van der Waals surface area contributed by atoms with Crippen LogP contribution in [0, 0.1) is 29.4 Å². The second-order valence-electron chi connectivity index (χ2n) is 10.3. The molecule has 2 saturated heterocycles. The minimum Gasteiger partial charge on any atom is -0.384 e. The number of rotatable bonds is 4. The van der Waals surface area contributed by atoms with Gasteiger partial charge in [0.25, 0.3) is 0 Å². The number of hydrogen-bond donors (Lipinski definition) is 1. The first kappa shape index (κ1) is 25.1. The van der Waals surface area contributed by atoms with Crippen LogP contribution in [0.5, 0.6) is 0 Å². The third-order valence-electron chi connectivity index (χ3n) is 8.13. The van der Waals surface area contributed by atoms with Crippen LogP contribution in [0.2, 0.25) is 0 Å². The highest BCUT2D eigenvalue weighted by molar-refractivity contribution is 5.85. The molecule has 0 radical (unpaired) electrons. The van der Waals surface area contributed by atoms with E-state index in [0.29, 0.717) is 37.8 Å². The standard InChI is InChI=1S/C27H32F2N2O2.ClH/c1-17-13-31(14-18(2)27(17,33)19-6-4-3-5-7-19)26(32)24-16-30(21-9-10-21)15-23(24)22-11-8-20(28)12-25(22)29;/h3-8,11-12,17-18,21,23-24,33H,9-10,13-16H2,1-2H3;1H/t17-,18+,23-,24+,27+;/m0./s1. The molecular formula is C27H33ClF2N2O2. The molecule has 7 heteroatoms. The molecule has 184 valence electrons. The number of carbonyl (C=O) groups is 1. The lowest BCUT2D eigenvalue weighted by Gasteiger charge is -2.48. The highest BCUT2D eigenvalue weighted by atomic mass is 35.5. The van der Waals surface area contributed by atoms with Gasteiger partial charge in [0.05, 0.1) is 11.5 Å². The summed E-state index contributed by atoms with van der Waals surface area (Å²) in [6, 6.07) is 13.9. The van der Waals surface area contributed by atoms with E-state index in [2.05, 4.69) is 4.90 Å².